The van der Waals surface area contributed by atoms with E-state index in [-0.39, 0.29) is 17.4 Å². The van der Waals surface area contributed by atoms with Crippen LogP contribution >= 0.6 is 0 Å². The van der Waals surface area contributed by atoms with Crippen LogP contribution in [0.1, 0.15) is 88.9 Å². The molecule has 7 heteroatoms. The van der Waals surface area contributed by atoms with Crippen LogP contribution in [-0.2, 0) is 5.41 Å². The Morgan fingerprint density at radius 3 is 2.28 bits per heavy atom. The lowest BCUT2D eigenvalue weighted by molar-refractivity contribution is 0.514. The minimum Gasteiger partial charge on any atom is -0.456 e. The van der Waals surface area contributed by atoms with Crippen molar-refractivity contribution in [2.75, 3.05) is 0 Å². The van der Waals surface area contributed by atoms with Crippen molar-refractivity contribution < 1.29 is 13.2 Å². The molecule has 0 N–H and O–H groups in total. The van der Waals surface area contributed by atoms with E-state index in [0.717, 1.165) is 63.1 Å². The molecule has 6 rings (SSSR count). The van der Waals surface area contributed by atoms with Crippen molar-refractivity contribution in [1.29, 1.82) is 0 Å². The Hall–Kier alpha value is -4.39. The van der Waals surface area contributed by atoms with Crippen molar-refractivity contribution in [2.24, 2.45) is 0 Å². The first kappa shape index (κ1) is 28.7. The average molecular weight is 579 g/mol. The van der Waals surface area contributed by atoms with Crippen molar-refractivity contribution in [3.63, 3.8) is 0 Å². The summed E-state index contributed by atoms with van der Waals surface area (Å²) in [5.74, 6) is -1.26. The number of halogens is 2. The number of nitrogens with zero attached hydrogens (tertiary/aromatic N) is 4. The second-order valence-corrected chi connectivity index (χ2v) is 12.0. The maximum Gasteiger partial charge on any atom is 0.224 e. The number of hydrogen-bond acceptors (Lipinski definition) is 4. The first-order chi connectivity index (χ1) is 20.6. The lowest BCUT2D eigenvalue weighted by atomic mass is 9.82. The van der Waals surface area contributed by atoms with Gasteiger partial charge in [-0.25, -0.2) is 4.68 Å². The molecule has 0 fully saturated rings. The Morgan fingerprint density at radius 2 is 1.53 bits per heavy atom. The second-order valence-electron chi connectivity index (χ2n) is 12.0. The van der Waals surface area contributed by atoms with Crippen LogP contribution in [0, 0.1) is 11.9 Å². The number of para-hydroxylation sites is 1. The first-order valence-electron chi connectivity index (χ1n) is 15.0. The smallest absolute Gasteiger partial charge is 0.224 e. The summed E-state index contributed by atoms with van der Waals surface area (Å²) in [5, 5.41) is 7.32. The Bertz CT molecular complexity index is 1950. The predicted octanol–water partition coefficient (Wildman–Crippen LogP) is 9.86. The third-order valence-corrected chi connectivity index (χ3v) is 8.86. The number of hydrogen-bond donors (Lipinski definition) is 0. The molecule has 43 heavy (non-hydrogen) atoms. The summed E-state index contributed by atoms with van der Waals surface area (Å²) in [7, 11) is 0. The third kappa shape index (κ3) is 5.11. The number of rotatable bonds is 8. The SMILES string of the molecule is CCC(C)c1cc(-c2ccc(F)nc2F)nc(C(C)(C)c2cc(C(C)CC)n(-c3ccc4oc5ccccc5c4c3)n2)c1. The highest BCUT2D eigenvalue weighted by molar-refractivity contribution is 6.05. The monoisotopic (exact) mass is 578 g/mol. The molecule has 2 aromatic carbocycles. The van der Waals surface area contributed by atoms with Gasteiger partial charge in [-0.1, -0.05) is 45.9 Å². The first-order valence-corrected chi connectivity index (χ1v) is 15.0. The van der Waals surface area contributed by atoms with E-state index in [1.807, 2.05) is 41.1 Å². The van der Waals surface area contributed by atoms with Crippen molar-refractivity contribution in [1.82, 2.24) is 19.7 Å². The summed E-state index contributed by atoms with van der Waals surface area (Å²) in [5.41, 5.74) is 6.40. The standard InChI is InChI=1S/C36H36F2N4O/c1-7-21(3)23-17-28(26-14-16-34(37)40-35(26)38)39-32(18-23)36(5,6)33-20-29(22(4)8-2)42(41-33)24-13-15-31-27(19-24)25-11-9-10-12-30(25)43-31/h9-22H,7-8H2,1-6H3. The lowest BCUT2D eigenvalue weighted by Gasteiger charge is -2.24. The molecule has 0 aliphatic carbocycles. The second kappa shape index (κ2) is 11.0. The Labute approximate surface area is 250 Å². The molecule has 2 atom stereocenters. The molecule has 0 saturated heterocycles. The van der Waals surface area contributed by atoms with Crippen LogP contribution in [-0.4, -0.2) is 19.7 Å². The predicted molar refractivity (Wildman–Crippen MR) is 168 cm³/mol. The van der Waals surface area contributed by atoms with E-state index < -0.39 is 17.3 Å². The van der Waals surface area contributed by atoms with Crippen LogP contribution < -0.4 is 0 Å². The highest BCUT2D eigenvalue weighted by Gasteiger charge is 2.31. The van der Waals surface area contributed by atoms with Gasteiger partial charge in [0.1, 0.15) is 11.2 Å². The summed E-state index contributed by atoms with van der Waals surface area (Å²) >= 11 is 0. The van der Waals surface area contributed by atoms with E-state index in [2.05, 4.69) is 70.8 Å². The van der Waals surface area contributed by atoms with Gasteiger partial charge in [0.15, 0.2) is 0 Å². The van der Waals surface area contributed by atoms with Gasteiger partial charge in [0.25, 0.3) is 0 Å². The van der Waals surface area contributed by atoms with Gasteiger partial charge in [-0.3, -0.25) is 4.98 Å². The number of fused-ring (bicyclic) bond motifs is 3. The van der Waals surface area contributed by atoms with Crippen LogP contribution in [0.3, 0.4) is 0 Å². The van der Waals surface area contributed by atoms with Crippen LogP contribution in [0.15, 0.2) is 77.2 Å². The number of pyridine rings is 2. The zero-order valence-electron chi connectivity index (χ0n) is 25.5. The molecule has 6 aromatic rings. The van der Waals surface area contributed by atoms with E-state index in [4.69, 9.17) is 14.5 Å². The largest absolute Gasteiger partial charge is 0.456 e. The fourth-order valence-electron chi connectivity index (χ4n) is 5.58. The minimum atomic E-state index is -0.872. The molecule has 4 aromatic heterocycles. The quantitative estimate of drug-likeness (QED) is 0.169. The third-order valence-electron chi connectivity index (χ3n) is 8.86. The highest BCUT2D eigenvalue weighted by Crippen LogP contribution is 2.37. The molecule has 0 aliphatic heterocycles. The molecular weight excluding hydrogens is 542 g/mol. The molecular formula is C36H36F2N4O. The average Bonchev–Trinajstić information content (AvgIpc) is 3.62. The van der Waals surface area contributed by atoms with E-state index in [1.54, 1.807) is 0 Å². The fraction of sp³-hybridized carbons (Fsp3) is 0.306. The zero-order chi connectivity index (χ0) is 30.5. The maximum absolute atomic E-state index is 14.8. The minimum absolute atomic E-state index is 0.176. The van der Waals surface area contributed by atoms with Crippen LogP contribution in [0.25, 0.3) is 38.9 Å². The number of furan rings is 1. The number of aromatic nitrogens is 4. The van der Waals surface area contributed by atoms with E-state index >= 15 is 0 Å². The van der Waals surface area contributed by atoms with Crippen molar-refractivity contribution in [3.8, 4) is 16.9 Å². The molecule has 4 heterocycles. The molecule has 0 aliphatic rings. The van der Waals surface area contributed by atoms with Gasteiger partial charge >= 0.3 is 0 Å². The number of benzene rings is 2. The van der Waals surface area contributed by atoms with Gasteiger partial charge in [-0.2, -0.15) is 18.9 Å². The lowest BCUT2D eigenvalue weighted by Crippen LogP contribution is -2.22. The van der Waals surface area contributed by atoms with Crippen molar-refractivity contribution >= 4 is 21.9 Å². The molecule has 0 saturated carbocycles. The van der Waals surface area contributed by atoms with Gasteiger partial charge in [0.2, 0.25) is 11.9 Å². The molecule has 220 valence electrons. The van der Waals surface area contributed by atoms with Gasteiger partial charge in [0, 0.05) is 16.5 Å². The topological polar surface area (TPSA) is 56.7 Å². The van der Waals surface area contributed by atoms with Gasteiger partial charge in [-0.05, 0) is 98.7 Å². The summed E-state index contributed by atoms with van der Waals surface area (Å²) in [6, 6.07) is 23.0. The molecule has 5 nitrogen and oxygen atoms in total. The van der Waals surface area contributed by atoms with Crippen LogP contribution in [0.4, 0.5) is 8.78 Å². The zero-order valence-corrected chi connectivity index (χ0v) is 25.5. The molecule has 0 radical (unpaired) electrons. The van der Waals surface area contributed by atoms with Gasteiger partial charge in [0.05, 0.1) is 33.7 Å². The molecule has 2 unspecified atom stereocenters. The van der Waals surface area contributed by atoms with Crippen molar-refractivity contribution in [2.45, 2.75) is 71.6 Å². The normalized spacial score (nSPS) is 13.6. The Kier molecular flexibility index (Phi) is 7.36. The van der Waals surface area contributed by atoms with Crippen LogP contribution in [0.2, 0.25) is 0 Å². The van der Waals surface area contributed by atoms with Crippen molar-refractivity contribution in [3.05, 3.63) is 107 Å². The summed E-state index contributed by atoms with van der Waals surface area (Å²) < 4.78 is 36.6. The summed E-state index contributed by atoms with van der Waals surface area (Å²) in [4.78, 5) is 8.35. The van der Waals surface area contributed by atoms with E-state index in [0.29, 0.717) is 5.69 Å². The molecule has 0 bridgehead atoms. The fourth-order valence-corrected chi connectivity index (χ4v) is 5.58. The molecule has 0 amide bonds. The Morgan fingerprint density at radius 1 is 0.791 bits per heavy atom. The Balaban J connectivity index is 1.51. The maximum atomic E-state index is 14.8. The van der Waals surface area contributed by atoms with E-state index in [1.165, 1.54) is 12.1 Å². The summed E-state index contributed by atoms with van der Waals surface area (Å²) in [6.45, 7) is 12.8. The van der Waals surface area contributed by atoms with Gasteiger partial charge < -0.3 is 4.42 Å². The van der Waals surface area contributed by atoms with Crippen LogP contribution in [0.5, 0.6) is 0 Å². The highest BCUT2D eigenvalue weighted by atomic mass is 19.1. The summed E-state index contributed by atoms with van der Waals surface area (Å²) in [6.07, 6.45) is 1.86. The van der Waals surface area contributed by atoms with E-state index in [9.17, 15) is 8.78 Å². The van der Waals surface area contributed by atoms with Gasteiger partial charge in [-0.15, -0.1) is 0 Å². The molecule has 0 spiro atoms.